The van der Waals surface area contributed by atoms with Gasteiger partial charge in [0.05, 0.1) is 5.69 Å². The van der Waals surface area contributed by atoms with Crippen LogP contribution in [0.4, 0.5) is 0 Å². The van der Waals surface area contributed by atoms with Crippen LogP contribution in [0.3, 0.4) is 0 Å². The minimum Gasteiger partial charge on any atom is -0.351 e. The van der Waals surface area contributed by atoms with Crippen LogP contribution in [0.1, 0.15) is 53.4 Å². The van der Waals surface area contributed by atoms with Crippen LogP contribution in [0, 0.1) is 0 Å². The molecule has 0 N–H and O–H groups in total. The highest BCUT2D eigenvalue weighted by molar-refractivity contribution is 5.91. The van der Waals surface area contributed by atoms with Crippen molar-refractivity contribution in [2.24, 2.45) is 0 Å². The number of carbonyl (C=O) groups excluding carboxylic acids is 1. The summed E-state index contributed by atoms with van der Waals surface area (Å²) in [6.45, 7) is 4.72. The molecular weight excluding hydrogens is 314 g/mol. The molecule has 2 fully saturated rings. The van der Waals surface area contributed by atoms with E-state index < -0.39 is 0 Å². The van der Waals surface area contributed by atoms with Crippen molar-refractivity contribution in [1.82, 2.24) is 15.0 Å². The molecule has 2 aliphatic rings. The van der Waals surface area contributed by atoms with E-state index in [0.717, 1.165) is 64.1 Å². The number of amides is 1. The zero-order valence-corrected chi connectivity index (χ0v) is 14.6. The molecule has 2 aromatic rings. The Balaban J connectivity index is 1.40. The minimum absolute atomic E-state index is 0.00630. The van der Waals surface area contributed by atoms with Crippen LogP contribution in [-0.4, -0.2) is 47.0 Å². The van der Waals surface area contributed by atoms with Gasteiger partial charge >= 0.3 is 0 Å². The fraction of sp³-hybridized carbons (Fsp3) is 0.500. The van der Waals surface area contributed by atoms with Crippen LogP contribution < -0.4 is 0 Å². The summed E-state index contributed by atoms with van der Waals surface area (Å²) in [6.07, 6.45) is 4.43. The molecule has 132 valence electrons. The summed E-state index contributed by atoms with van der Waals surface area (Å²) in [5, 5.41) is 4.22. The van der Waals surface area contributed by atoms with Crippen LogP contribution in [0.2, 0.25) is 0 Å². The third-order valence-corrected chi connectivity index (χ3v) is 5.31. The topological polar surface area (TPSA) is 49.6 Å². The van der Waals surface area contributed by atoms with Gasteiger partial charge in [0.15, 0.2) is 0 Å². The second kappa shape index (κ2) is 7.40. The molecule has 4 rings (SSSR count). The Bertz CT molecular complexity index is 707. The molecule has 25 heavy (non-hydrogen) atoms. The molecule has 1 atom stereocenters. The Morgan fingerprint density at radius 1 is 1.12 bits per heavy atom. The van der Waals surface area contributed by atoms with Gasteiger partial charge in [-0.05, 0) is 37.8 Å². The van der Waals surface area contributed by atoms with Crippen molar-refractivity contribution < 1.29 is 9.32 Å². The molecule has 2 saturated heterocycles. The lowest BCUT2D eigenvalue weighted by molar-refractivity contribution is 0.0751. The quantitative estimate of drug-likeness (QED) is 0.858. The van der Waals surface area contributed by atoms with E-state index >= 15 is 0 Å². The van der Waals surface area contributed by atoms with Crippen molar-refractivity contribution in [3.8, 4) is 0 Å². The second-order valence-corrected chi connectivity index (χ2v) is 7.18. The van der Waals surface area contributed by atoms with Crippen LogP contribution in [0.5, 0.6) is 0 Å². The Kier molecular flexibility index (Phi) is 4.83. The number of carbonyl (C=O) groups is 1. The molecule has 0 radical (unpaired) electrons. The number of hydrogen-bond acceptors (Lipinski definition) is 4. The van der Waals surface area contributed by atoms with Gasteiger partial charge in [-0.25, -0.2) is 0 Å². The van der Waals surface area contributed by atoms with Gasteiger partial charge in [-0.15, -0.1) is 0 Å². The van der Waals surface area contributed by atoms with E-state index in [0.29, 0.717) is 11.7 Å². The van der Waals surface area contributed by atoms with Crippen molar-refractivity contribution in [3.05, 3.63) is 53.4 Å². The predicted octanol–water partition coefficient (Wildman–Crippen LogP) is 3.29. The van der Waals surface area contributed by atoms with Gasteiger partial charge in [0.2, 0.25) is 5.76 Å². The average Bonchev–Trinajstić information content (AvgIpc) is 3.34. The number of likely N-dealkylation sites (tertiary alicyclic amines) is 2. The van der Waals surface area contributed by atoms with Crippen LogP contribution in [0.25, 0.3) is 0 Å². The number of aromatic nitrogens is 1. The zero-order valence-electron chi connectivity index (χ0n) is 14.6. The van der Waals surface area contributed by atoms with E-state index in [-0.39, 0.29) is 5.91 Å². The van der Waals surface area contributed by atoms with E-state index in [1.54, 1.807) is 0 Å². The first-order valence-corrected chi connectivity index (χ1v) is 9.32. The Morgan fingerprint density at radius 2 is 1.92 bits per heavy atom. The van der Waals surface area contributed by atoms with Crippen molar-refractivity contribution in [1.29, 1.82) is 0 Å². The van der Waals surface area contributed by atoms with Crippen molar-refractivity contribution in [2.45, 2.75) is 38.1 Å². The van der Waals surface area contributed by atoms with E-state index in [2.05, 4.69) is 40.4 Å². The summed E-state index contributed by atoms with van der Waals surface area (Å²) >= 11 is 0. The molecular formula is C20H25N3O2. The molecule has 1 aromatic carbocycles. The van der Waals surface area contributed by atoms with Crippen molar-refractivity contribution in [3.63, 3.8) is 0 Å². The minimum atomic E-state index is -0.00630. The molecule has 0 saturated carbocycles. The molecule has 5 nitrogen and oxygen atoms in total. The Morgan fingerprint density at radius 3 is 2.72 bits per heavy atom. The lowest BCUT2D eigenvalue weighted by Gasteiger charge is -2.31. The average molecular weight is 339 g/mol. The third-order valence-electron chi connectivity index (χ3n) is 5.31. The lowest BCUT2D eigenvalue weighted by Crippen LogP contribution is -2.34. The second-order valence-electron chi connectivity index (χ2n) is 7.18. The van der Waals surface area contributed by atoms with Gasteiger partial charge in [0.25, 0.3) is 5.91 Å². The van der Waals surface area contributed by atoms with Crippen LogP contribution >= 0.6 is 0 Å². The normalized spacial score (nSPS) is 21.6. The molecule has 0 spiro atoms. The highest BCUT2D eigenvalue weighted by Gasteiger charge is 2.27. The highest BCUT2D eigenvalue weighted by Crippen LogP contribution is 2.28. The van der Waals surface area contributed by atoms with Gasteiger partial charge in [-0.2, -0.15) is 0 Å². The summed E-state index contributed by atoms with van der Waals surface area (Å²) in [5.41, 5.74) is 2.27. The first-order valence-electron chi connectivity index (χ1n) is 9.32. The molecule has 5 heteroatoms. The highest BCUT2D eigenvalue weighted by atomic mass is 16.5. The summed E-state index contributed by atoms with van der Waals surface area (Å²) < 4.78 is 5.39. The summed E-state index contributed by atoms with van der Waals surface area (Å²) in [7, 11) is 0. The fourth-order valence-corrected chi connectivity index (χ4v) is 3.94. The summed E-state index contributed by atoms with van der Waals surface area (Å²) in [4.78, 5) is 16.8. The first kappa shape index (κ1) is 16.3. The van der Waals surface area contributed by atoms with E-state index in [9.17, 15) is 4.79 Å². The van der Waals surface area contributed by atoms with Gasteiger partial charge in [-0.1, -0.05) is 35.5 Å². The number of benzene rings is 1. The van der Waals surface area contributed by atoms with Gasteiger partial charge in [0, 0.05) is 38.2 Å². The number of piperidine rings is 1. The predicted molar refractivity (Wildman–Crippen MR) is 95.3 cm³/mol. The van der Waals surface area contributed by atoms with Crippen molar-refractivity contribution in [2.75, 3.05) is 26.2 Å². The molecule has 0 bridgehead atoms. The fourth-order valence-electron chi connectivity index (χ4n) is 3.94. The number of hydrogen-bond donors (Lipinski definition) is 0. The largest absolute Gasteiger partial charge is 0.351 e. The SMILES string of the molecule is O=C(c1cc(C2CCCN(Cc3ccccc3)C2)no1)N1CCCC1. The maximum absolute atomic E-state index is 12.4. The van der Waals surface area contributed by atoms with Crippen LogP contribution in [0.15, 0.2) is 40.9 Å². The molecule has 1 amide bonds. The zero-order chi connectivity index (χ0) is 17.1. The smallest absolute Gasteiger partial charge is 0.292 e. The summed E-state index contributed by atoms with van der Waals surface area (Å²) in [6, 6.07) is 12.4. The standard InChI is InChI=1S/C20H25N3O2/c24-20(23-11-4-5-12-23)19-13-18(21-25-19)17-9-6-10-22(15-17)14-16-7-2-1-3-8-16/h1-3,7-8,13,17H,4-6,9-12,14-15H2. The van der Waals surface area contributed by atoms with Gasteiger partial charge in [-0.3, -0.25) is 9.69 Å². The molecule has 3 heterocycles. The molecule has 1 aromatic heterocycles. The van der Waals surface area contributed by atoms with E-state index in [1.165, 1.54) is 5.56 Å². The molecule has 0 aliphatic carbocycles. The monoisotopic (exact) mass is 339 g/mol. The van der Waals surface area contributed by atoms with E-state index in [4.69, 9.17) is 4.52 Å². The third kappa shape index (κ3) is 3.76. The van der Waals surface area contributed by atoms with Crippen molar-refractivity contribution >= 4 is 5.91 Å². The maximum atomic E-state index is 12.4. The maximum Gasteiger partial charge on any atom is 0.292 e. The number of rotatable bonds is 4. The lowest BCUT2D eigenvalue weighted by atomic mass is 9.94. The summed E-state index contributed by atoms with van der Waals surface area (Å²) in [5.74, 6) is 0.742. The Labute approximate surface area is 148 Å². The molecule has 1 unspecified atom stereocenters. The number of nitrogens with zero attached hydrogens (tertiary/aromatic N) is 3. The van der Waals surface area contributed by atoms with Crippen LogP contribution in [-0.2, 0) is 6.54 Å². The van der Waals surface area contributed by atoms with Gasteiger partial charge in [0.1, 0.15) is 0 Å². The van der Waals surface area contributed by atoms with Gasteiger partial charge < -0.3 is 9.42 Å². The first-order chi connectivity index (χ1) is 12.3. The van der Waals surface area contributed by atoms with E-state index in [1.807, 2.05) is 11.0 Å². The molecule has 2 aliphatic heterocycles. The Hall–Kier alpha value is -2.14.